The van der Waals surface area contributed by atoms with Gasteiger partial charge in [0.15, 0.2) is 0 Å². The van der Waals surface area contributed by atoms with Gasteiger partial charge in [-0.2, -0.15) is 0 Å². The van der Waals surface area contributed by atoms with Gasteiger partial charge in [0.05, 0.1) is 0 Å². The highest BCUT2D eigenvalue weighted by Gasteiger charge is 1.98. The number of hydrogen-bond acceptors (Lipinski definition) is 3. The zero-order valence-corrected chi connectivity index (χ0v) is 13.2. The van der Waals surface area contributed by atoms with Gasteiger partial charge in [-0.05, 0) is 48.5 Å². The summed E-state index contributed by atoms with van der Waals surface area (Å²) in [6.07, 6.45) is 0. The topological polar surface area (TPSA) is 47.6 Å². The van der Waals surface area contributed by atoms with Crippen molar-refractivity contribution in [3.63, 3.8) is 0 Å². The predicted molar refractivity (Wildman–Crippen MR) is 85.9 cm³/mol. The molecule has 0 aromatic heterocycles. The molecule has 0 aliphatic heterocycles. The Bertz CT molecular complexity index is 581. The molecule has 0 fully saturated rings. The van der Waals surface area contributed by atoms with Gasteiger partial charge < -0.3 is 14.8 Å². The van der Waals surface area contributed by atoms with Crippen LogP contribution in [-0.4, -0.2) is 19.1 Å². The van der Waals surface area contributed by atoms with Gasteiger partial charge in [-0.25, -0.2) is 0 Å². The molecule has 5 heteroatoms. The maximum atomic E-state index is 10.9. The molecule has 1 amide bonds. The number of amides is 1. The Morgan fingerprint density at radius 3 is 1.90 bits per heavy atom. The Labute approximate surface area is 132 Å². The Balaban J connectivity index is 1.73. The molecule has 2 rings (SSSR count). The highest BCUT2D eigenvalue weighted by Crippen LogP contribution is 2.17. The molecule has 110 valence electrons. The number of hydrogen-bond donors (Lipinski definition) is 1. The summed E-state index contributed by atoms with van der Waals surface area (Å²) in [6, 6.07) is 14.9. The summed E-state index contributed by atoms with van der Waals surface area (Å²) in [4.78, 5) is 10.9. The third-order valence-electron chi connectivity index (χ3n) is 2.61. The van der Waals surface area contributed by atoms with E-state index in [9.17, 15) is 4.79 Å². The van der Waals surface area contributed by atoms with E-state index in [1.165, 1.54) is 6.92 Å². The molecule has 0 unspecified atom stereocenters. The van der Waals surface area contributed by atoms with Crippen LogP contribution < -0.4 is 14.8 Å². The normalized spacial score (nSPS) is 10.0. The largest absolute Gasteiger partial charge is 0.490 e. The van der Waals surface area contributed by atoms with Crippen molar-refractivity contribution in [2.45, 2.75) is 6.92 Å². The SMILES string of the molecule is CC(=O)Nc1ccc(OCCOc2ccc(Br)cc2)cc1. The fraction of sp³-hybridized carbons (Fsp3) is 0.188. The van der Waals surface area contributed by atoms with E-state index in [-0.39, 0.29) is 5.91 Å². The van der Waals surface area contributed by atoms with Crippen LogP contribution in [0, 0.1) is 0 Å². The number of rotatable bonds is 6. The van der Waals surface area contributed by atoms with Gasteiger partial charge in [0.2, 0.25) is 5.91 Å². The van der Waals surface area contributed by atoms with Crippen molar-refractivity contribution in [3.8, 4) is 11.5 Å². The van der Waals surface area contributed by atoms with Gasteiger partial charge in [-0.3, -0.25) is 4.79 Å². The summed E-state index contributed by atoms with van der Waals surface area (Å²) >= 11 is 3.37. The number of ether oxygens (including phenoxy) is 2. The van der Waals surface area contributed by atoms with Crippen molar-refractivity contribution in [2.24, 2.45) is 0 Å². The zero-order valence-electron chi connectivity index (χ0n) is 11.6. The third kappa shape index (κ3) is 5.47. The Morgan fingerprint density at radius 1 is 0.952 bits per heavy atom. The lowest BCUT2D eigenvalue weighted by molar-refractivity contribution is -0.114. The summed E-state index contributed by atoms with van der Waals surface area (Å²) < 4.78 is 12.1. The van der Waals surface area contributed by atoms with Gasteiger partial charge in [-0.1, -0.05) is 15.9 Å². The molecule has 0 bridgehead atoms. The predicted octanol–water partition coefficient (Wildman–Crippen LogP) is 3.87. The van der Waals surface area contributed by atoms with Crippen molar-refractivity contribution >= 4 is 27.5 Å². The summed E-state index contributed by atoms with van der Waals surface area (Å²) in [7, 11) is 0. The number of halogens is 1. The molecule has 1 N–H and O–H groups in total. The first kappa shape index (κ1) is 15.4. The summed E-state index contributed by atoms with van der Waals surface area (Å²) in [5.41, 5.74) is 0.751. The van der Waals surface area contributed by atoms with E-state index in [4.69, 9.17) is 9.47 Å². The molecule has 2 aromatic carbocycles. The second-order valence-electron chi connectivity index (χ2n) is 4.36. The van der Waals surface area contributed by atoms with Gasteiger partial charge in [-0.15, -0.1) is 0 Å². The zero-order chi connectivity index (χ0) is 15.1. The van der Waals surface area contributed by atoms with E-state index in [2.05, 4.69) is 21.2 Å². The molecule has 0 aliphatic rings. The molecule has 0 aliphatic carbocycles. The van der Waals surface area contributed by atoms with Gasteiger partial charge in [0.25, 0.3) is 0 Å². The highest BCUT2D eigenvalue weighted by molar-refractivity contribution is 9.10. The van der Waals surface area contributed by atoms with E-state index in [0.717, 1.165) is 21.7 Å². The van der Waals surface area contributed by atoms with Crippen LogP contribution in [0.2, 0.25) is 0 Å². The van der Waals surface area contributed by atoms with Crippen molar-refractivity contribution in [1.29, 1.82) is 0 Å². The average molecular weight is 350 g/mol. The van der Waals surface area contributed by atoms with Crippen LogP contribution in [0.4, 0.5) is 5.69 Å². The Hall–Kier alpha value is -2.01. The first-order valence-corrected chi connectivity index (χ1v) is 7.31. The fourth-order valence-electron chi connectivity index (χ4n) is 1.69. The van der Waals surface area contributed by atoms with Gasteiger partial charge >= 0.3 is 0 Å². The van der Waals surface area contributed by atoms with Crippen LogP contribution in [0.3, 0.4) is 0 Å². The van der Waals surface area contributed by atoms with Crippen molar-refractivity contribution in [2.75, 3.05) is 18.5 Å². The average Bonchev–Trinajstić information content (AvgIpc) is 2.46. The van der Waals surface area contributed by atoms with Crippen molar-refractivity contribution in [1.82, 2.24) is 0 Å². The molecule has 0 saturated carbocycles. The quantitative estimate of drug-likeness (QED) is 0.805. The lowest BCUT2D eigenvalue weighted by Crippen LogP contribution is -2.09. The van der Waals surface area contributed by atoms with Crippen molar-refractivity contribution < 1.29 is 14.3 Å². The number of anilines is 1. The Kier molecular flexibility index (Phi) is 5.63. The van der Waals surface area contributed by atoms with E-state index < -0.39 is 0 Å². The molecule has 4 nitrogen and oxygen atoms in total. The second kappa shape index (κ2) is 7.69. The molecule has 21 heavy (non-hydrogen) atoms. The lowest BCUT2D eigenvalue weighted by Gasteiger charge is -2.09. The van der Waals surface area contributed by atoms with Crippen LogP contribution in [0.15, 0.2) is 53.0 Å². The van der Waals surface area contributed by atoms with Gasteiger partial charge in [0.1, 0.15) is 24.7 Å². The van der Waals surface area contributed by atoms with E-state index >= 15 is 0 Å². The minimum atomic E-state index is -0.0911. The number of nitrogens with one attached hydrogen (secondary N) is 1. The van der Waals surface area contributed by atoms with Crippen LogP contribution in [0.25, 0.3) is 0 Å². The third-order valence-corrected chi connectivity index (χ3v) is 3.14. The first-order valence-electron chi connectivity index (χ1n) is 6.52. The molecule has 0 atom stereocenters. The number of benzene rings is 2. The first-order chi connectivity index (χ1) is 10.1. The summed E-state index contributed by atoms with van der Waals surface area (Å²) in [5, 5.41) is 2.70. The monoisotopic (exact) mass is 349 g/mol. The molecule has 0 radical (unpaired) electrons. The number of carbonyl (C=O) groups is 1. The highest BCUT2D eigenvalue weighted by atomic mass is 79.9. The van der Waals surface area contributed by atoms with Crippen molar-refractivity contribution in [3.05, 3.63) is 53.0 Å². The second-order valence-corrected chi connectivity index (χ2v) is 5.27. The van der Waals surface area contributed by atoms with E-state index in [1.54, 1.807) is 12.1 Å². The minimum Gasteiger partial charge on any atom is -0.490 e. The fourth-order valence-corrected chi connectivity index (χ4v) is 1.95. The van der Waals surface area contributed by atoms with E-state index in [0.29, 0.717) is 13.2 Å². The molecule has 2 aromatic rings. The van der Waals surface area contributed by atoms with Crippen LogP contribution >= 0.6 is 15.9 Å². The molecular weight excluding hydrogens is 334 g/mol. The van der Waals surface area contributed by atoms with Crippen LogP contribution in [-0.2, 0) is 4.79 Å². The smallest absolute Gasteiger partial charge is 0.221 e. The summed E-state index contributed by atoms with van der Waals surface area (Å²) in [5.74, 6) is 1.46. The van der Waals surface area contributed by atoms with Crippen LogP contribution in [0.1, 0.15) is 6.92 Å². The van der Waals surface area contributed by atoms with Gasteiger partial charge in [0, 0.05) is 17.1 Å². The van der Waals surface area contributed by atoms with Crippen LogP contribution in [0.5, 0.6) is 11.5 Å². The maximum Gasteiger partial charge on any atom is 0.221 e. The number of carbonyl (C=O) groups excluding carboxylic acids is 1. The minimum absolute atomic E-state index is 0.0911. The standard InChI is InChI=1S/C16H16BrNO3/c1-12(19)18-14-4-8-16(9-5-14)21-11-10-20-15-6-2-13(17)3-7-15/h2-9H,10-11H2,1H3,(H,18,19). The molecule has 0 spiro atoms. The molecule has 0 saturated heterocycles. The maximum absolute atomic E-state index is 10.9. The summed E-state index contributed by atoms with van der Waals surface area (Å²) in [6.45, 7) is 2.40. The van der Waals surface area contributed by atoms with E-state index in [1.807, 2.05) is 36.4 Å². The lowest BCUT2D eigenvalue weighted by atomic mass is 10.3. The molecular formula is C16H16BrNO3. The molecule has 0 heterocycles. The Morgan fingerprint density at radius 2 is 1.43 bits per heavy atom.